The molecule has 0 saturated heterocycles. The summed E-state index contributed by atoms with van der Waals surface area (Å²) in [5.41, 5.74) is 1.34. The van der Waals surface area contributed by atoms with E-state index in [1.54, 1.807) is 18.3 Å². The first-order valence-corrected chi connectivity index (χ1v) is 7.25. The zero-order valence-corrected chi connectivity index (χ0v) is 12.4. The Hall–Kier alpha value is -3.15. The summed E-state index contributed by atoms with van der Waals surface area (Å²) in [6, 6.07) is 13.2. The van der Waals surface area contributed by atoms with E-state index >= 15 is 0 Å². The van der Waals surface area contributed by atoms with E-state index < -0.39 is 5.91 Å². The van der Waals surface area contributed by atoms with Crippen LogP contribution >= 0.6 is 0 Å². The average molecular weight is 308 g/mol. The molecule has 1 amide bonds. The van der Waals surface area contributed by atoms with E-state index in [1.165, 1.54) is 6.20 Å². The van der Waals surface area contributed by atoms with Crippen molar-refractivity contribution in [3.05, 3.63) is 60.6 Å². The lowest BCUT2D eigenvalue weighted by Crippen LogP contribution is -2.29. The maximum atomic E-state index is 12.1. The Morgan fingerprint density at radius 2 is 1.87 bits per heavy atom. The number of para-hydroxylation sites is 1. The fourth-order valence-corrected chi connectivity index (χ4v) is 2.22. The van der Waals surface area contributed by atoms with Crippen molar-refractivity contribution in [2.24, 2.45) is 0 Å². The third-order valence-electron chi connectivity index (χ3n) is 3.35. The fourth-order valence-electron chi connectivity index (χ4n) is 2.22. The number of aromatic hydroxyl groups is 1. The second-order valence-corrected chi connectivity index (χ2v) is 4.95. The van der Waals surface area contributed by atoms with Crippen LogP contribution in [0.1, 0.15) is 10.5 Å². The molecule has 0 aliphatic carbocycles. The summed E-state index contributed by atoms with van der Waals surface area (Å²) >= 11 is 0. The minimum atomic E-state index is -0.426. The van der Waals surface area contributed by atoms with Crippen molar-refractivity contribution in [1.29, 1.82) is 0 Å². The molecule has 2 heterocycles. The van der Waals surface area contributed by atoms with Gasteiger partial charge < -0.3 is 15.7 Å². The number of carbonyl (C=O) groups excluding carboxylic acids is 1. The number of fused-ring (bicyclic) bond motifs is 1. The summed E-state index contributed by atoms with van der Waals surface area (Å²) < 4.78 is 0. The van der Waals surface area contributed by atoms with E-state index in [4.69, 9.17) is 0 Å². The van der Waals surface area contributed by atoms with Crippen LogP contribution in [0.4, 0.5) is 5.69 Å². The minimum Gasteiger partial charge on any atom is -0.504 e. The Labute approximate surface area is 133 Å². The lowest BCUT2D eigenvalue weighted by atomic mass is 10.2. The van der Waals surface area contributed by atoms with Crippen LogP contribution in [-0.2, 0) is 0 Å². The summed E-state index contributed by atoms with van der Waals surface area (Å²) in [5, 5.41) is 16.7. The van der Waals surface area contributed by atoms with Crippen molar-refractivity contribution in [2.45, 2.75) is 0 Å². The number of rotatable bonds is 5. The summed E-state index contributed by atoms with van der Waals surface area (Å²) in [5.74, 6) is -0.624. The predicted molar refractivity (Wildman–Crippen MR) is 88.5 cm³/mol. The maximum absolute atomic E-state index is 12.1. The second kappa shape index (κ2) is 6.74. The van der Waals surface area contributed by atoms with E-state index in [0.29, 0.717) is 24.0 Å². The number of nitrogens with zero attached hydrogens (tertiary/aromatic N) is 2. The summed E-state index contributed by atoms with van der Waals surface area (Å²) in [7, 11) is 0. The molecule has 3 aromatic rings. The van der Waals surface area contributed by atoms with E-state index in [9.17, 15) is 9.90 Å². The third-order valence-corrected chi connectivity index (χ3v) is 3.35. The number of anilines is 1. The van der Waals surface area contributed by atoms with Crippen molar-refractivity contribution in [1.82, 2.24) is 15.3 Å². The fraction of sp³-hybridized carbons (Fsp3) is 0.118. The van der Waals surface area contributed by atoms with Crippen molar-refractivity contribution in [2.75, 3.05) is 18.4 Å². The molecule has 0 unspecified atom stereocenters. The molecule has 3 N–H and O–H groups in total. The van der Waals surface area contributed by atoms with Gasteiger partial charge in [-0.25, -0.2) is 4.98 Å². The van der Waals surface area contributed by atoms with Gasteiger partial charge in [-0.05, 0) is 24.3 Å². The van der Waals surface area contributed by atoms with E-state index in [2.05, 4.69) is 20.6 Å². The number of benzene rings is 1. The Bertz CT molecular complexity index is 821. The molecule has 0 saturated carbocycles. The Morgan fingerprint density at radius 1 is 1.04 bits per heavy atom. The molecule has 0 fully saturated rings. The molecule has 6 nitrogen and oxygen atoms in total. The van der Waals surface area contributed by atoms with Crippen molar-refractivity contribution >= 4 is 22.5 Å². The molecular weight excluding hydrogens is 292 g/mol. The highest BCUT2D eigenvalue weighted by Gasteiger charge is 2.15. The van der Waals surface area contributed by atoms with Crippen LogP contribution in [0.3, 0.4) is 0 Å². The molecule has 6 heteroatoms. The van der Waals surface area contributed by atoms with Crippen LogP contribution in [0.2, 0.25) is 0 Å². The van der Waals surface area contributed by atoms with Gasteiger partial charge in [-0.2, -0.15) is 0 Å². The maximum Gasteiger partial charge on any atom is 0.273 e. The molecule has 3 rings (SSSR count). The van der Waals surface area contributed by atoms with Gasteiger partial charge in [0.25, 0.3) is 5.91 Å². The highest BCUT2D eigenvalue weighted by Crippen LogP contribution is 2.24. The van der Waals surface area contributed by atoms with Gasteiger partial charge in [0.1, 0.15) is 5.52 Å². The zero-order valence-electron chi connectivity index (χ0n) is 12.4. The summed E-state index contributed by atoms with van der Waals surface area (Å²) in [6.07, 6.45) is 3.09. The highest BCUT2D eigenvalue weighted by molar-refractivity contribution is 6.00. The number of nitrogens with one attached hydrogen (secondary N) is 2. The minimum absolute atomic E-state index is 0.0177. The molecule has 116 valence electrons. The first-order valence-electron chi connectivity index (χ1n) is 7.25. The summed E-state index contributed by atoms with van der Waals surface area (Å²) in [4.78, 5) is 20.2. The lowest BCUT2D eigenvalue weighted by Gasteiger charge is -2.09. The van der Waals surface area contributed by atoms with Crippen LogP contribution in [0.25, 0.3) is 10.9 Å². The molecular formula is C17H16N4O2. The number of hydrogen-bond acceptors (Lipinski definition) is 5. The van der Waals surface area contributed by atoms with Crippen LogP contribution in [0.5, 0.6) is 5.75 Å². The molecule has 1 aromatic carbocycles. The van der Waals surface area contributed by atoms with Crippen LogP contribution < -0.4 is 10.6 Å². The van der Waals surface area contributed by atoms with Gasteiger partial charge in [-0.15, -0.1) is 0 Å². The van der Waals surface area contributed by atoms with Gasteiger partial charge in [0.2, 0.25) is 0 Å². The number of carbonyl (C=O) groups is 1. The molecule has 0 spiro atoms. The first-order chi connectivity index (χ1) is 11.3. The molecule has 0 bridgehead atoms. The van der Waals surface area contributed by atoms with E-state index in [0.717, 1.165) is 5.69 Å². The highest BCUT2D eigenvalue weighted by atomic mass is 16.3. The number of aromatic nitrogens is 2. The monoisotopic (exact) mass is 308 g/mol. The largest absolute Gasteiger partial charge is 0.504 e. The number of pyridine rings is 2. The number of hydrogen-bond donors (Lipinski definition) is 3. The van der Waals surface area contributed by atoms with Gasteiger partial charge in [-0.3, -0.25) is 9.78 Å². The topological polar surface area (TPSA) is 87.1 Å². The third kappa shape index (κ3) is 3.37. The van der Waals surface area contributed by atoms with Gasteiger partial charge in [0, 0.05) is 36.6 Å². The molecule has 23 heavy (non-hydrogen) atoms. The SMILES string of the molecule is O=C(NCCNc1ccccc1)c1ncc2cccnc2c1O. The normalized spacial score (nSPS) is 10.4. The van der Waals surface area contributed by atoms with E-state index in [-0.39, 0.29) is 11.4 Å². The van der Waals surface area contributed by atoms with Gasteiger partial charge in [0.05, 0.1) is 0 Å². The first kappa shape index (κ1) is 14.8. The standard InChI is InChI=1S/C17H16N4O2/c22-16-14-12(5-4-8-19-14)11-21-15(16)17(23)20-10-9-18-13-6-2-1-3-7-13/h1-8,11,18,22H,9-10H2,(H,20,23). The lowest BCUT2D eigenvalue weighted by molar-refractivity contribution is 0.0947. The smallest absolute Gasteiger partial charge is 0.273 e. The quantitative estimate of drug-likeness (QED) is 0.629. The van der Waals surface area contributed by atoms with Gasteiger partial charge in [0.15, 0.2) is 11.4 Å². The van der Waals surface area contributed by atoms with Crippen molar-refractivity contribution in [3.8, 4) is 5.75 Å². The van der Waals surface area contributed by atoms with Crippen LogP contribution in [-0.4, -0.2) is 34.1 Å². The van der Waals surface area contributed by atoms with Crippen LogP contribution in [0.15, 0.2) is 54.9 Å². The molecule has 0 aliphatic rings. The number of amides is 1. The van der Waals surface area contributed by atoms with Gasteiger partial charge >= 0.3 is 0 Å². The Kier molecular flexibility index (Phi) is 4.33. The van der Waals surface area contributed by atoms with E-state index in [1.807, 2.05) is 30.3 Å². The zero-order chi connectivity index (χ0) is 16.1. The molecule has 0 radical (unpaired) electrons. The average Bonchev–Trinajstić information content (AvgIpc) is 2.60. The van der Waals surface area contributed by atoms with Crippen molar-refractivity contribution < 1.29 is 9.90 Å². The molecule has 0 aliphatic heterocycles. The molecule has 2 aromatic heterocycles. The van der Waals surface area contributed by atoms with Gasteiger partial charge in [-0.1, -0.05) is 18.2 Å². The summed E-state index contributed by atoms with van der Waals surface area (Å²) in [6.45, 7) is 0.984. The predicted octanol–water partition coefficient (Wildman–Crippen LogP) is 2.18. The second-order valence-electron chi connectivity index (χ2n) is 4.95. The molecule has 0 atom stereocenters. The Balaban J connectivity index is 1.61. The van der Waals surface area contributed by atoms with Crippen molar-refractivity contribution in [3.63, 3.8) is 0 Å². The van der Waals surface area contributed by atoms with Crippen LogP contribution in [0, 0.1) is 0 Å². The Morgan fingerprint density at radius 3 is 2.70 bits per heavy atom.